The van der Waals surface area contributed by atoms with Crippen LogP contribution >= 0.6 is 11.8 Å². The molecule has 0 aliphatic carbocycles. The molecular weight excluding hydrogens is 541 g/mol. The predicted octanol–water partition coefficient (Wildman–Crippen LogP) is 5.93. The van der Waals surface area contributed by atoms with Crippen molar-refractivity contribution in [1.29, 1.82) is 0 Å². The number of methoxy groups -OCH3 is 1. The quantitative estimate of drug-likeness (QED) is 0.215. The Bertz CT molecular complexity index is 1630. The van der Waals surface area contributed by atoms with Gasteiger partial charge in [0.25, 0.3) is 5.91 Å². The molecule has 1 fully saturated rings. The molecule has 0 N–H and O–H groups in total. The second-order valence-electron chi connectivity index (χ2n) is 9.51. The fourth-order valence-corrected chi connectivity index (χ4v) is 5.79. The average molecular weight is 570 g/mol. The minimum Gasteiger partial charge on any atom is -0.495 e. The molecule has 2 aromatic heterocycles. The maximum absolute atomic E-state index is 14.2. The molecule has 0 spiro atoms. The van der Waals surface area contributed by atoms with E-state index in [4.69, 9.17) is 9.15 Å². The first-order chi connectivity index (χ1) is 20.1. The Hall–Kier alpha value is -4.57. The van der Waals surface area contributed by atoms with Crippen molar-refractivity contribution >= 4 is 23.4 Å². The molecule has 1 aliphatic rings. The summed E-state index contributed by atoms with van der Waals surface area (Å²) in [7, 11) is 1.63. The zero-order valence-corrected chi connectivity index (χ0v) is 23.3. The number of hydrogen-bond acceptors (Lipinski definition) is 7. The first-order valence-electron chi connectivity index (χ1n) is 13.3. The lowest BCUT2D eigenvalue weighted by atomic mass is 10.1. The van der Waals surface area contributed by atoms with Gasteiger partial charge in [-0.15, -0.1) is 10.2 Å². The molecule has 1 amide bonds. The van der Waals surface area contributed by atoms with E-state index in [0.29, 0.717) is 65.7 Å². The van der Waals surface area contributed by atoms with Gasteiger partial charge in [0.15, 0.2) is 10.9 Å². The normalized spacial score (nSPS) is 13.4. The number of carbonyl (C=O) groups is 1. The van der Waals surface area contributed by atoms with Crippen molar-refractivity contribution in [3.8, 4) is 23.0 Å². The van der Waals surface area contributed by atoms with Gasteiger partial charge in [-0.05, 0) is 54.1 Å². The summed E-state index contributed by atoms with van der Waals surface area (Å²) in [6.45, 7) is 2.27. The third-order valence-electron chi connectivity index (χ3n) is 7.03. The van der Waals surface area contributed by atoms with Gasteiger partial charge in [0.1, 0.15) is 11.6 Å². The molecule has 8 nitrogen and oxygen atoms in total. The molecule has 0 saturated carbocycles. The number of halogens is 1. The Morgan fingerprint density at radius 1 is 0.902 bits per heavy atom. The van der Waals surface area contributed by atoms with Gasteiger partial charge in [0.2, 0.25) is 5.82 Å². The van der Waals surface area contributed by atoms with Gasteiger partial charge < -0.3 is 19.0 Å². The minimum atomic E-state index is -0.237. The molecule has 0 radical (unpaired) electrons. The maximum atomic E-state index is 14.2. The van der Waals surface area contributed by atoms with Crippen LogP contribution in [0.15, 0.2) is 101 Å². The van der Waals surface area contributed by atoms with Crippen molar-refractivity contribution in [3.63, 3.8) is 0 Å². The van der Waals surface area contributed by atoms with Crippen molar-refractivity contribution in [2.75, 3.05) is 38.2 Å². The number of carbonyl (C=O) groups excluding carboxylic acids is 1. The van der Waals surface area contributed by atoms with Crippen LogP contribution in [0.25, 0.3) is 17.3 Å². The number of anilines is 1. The number of nitrogens with zero attached hydrogens (tertiary/aromatic N) is 5. The highest BCUT2D eigenvalue weighted by Gasteiger charge is 2.24. The molecule has 0 unspecified atom stereocenters. The van der Waals surface area contributed by atoms with Crippen LogP contribution in [0.4, 0.5) is 10.1 Å². The number of piperazine rings is 1. The van der Waals surface area contributed by atoms with Crippen molar-refractivity contribution < 1.29 is 18.3 Å². The van der Waals surface area contributed by atoms with Crippen LogP contribution < -0.4 is 9.64 Å². The Labute approximate surface area is 241 Å². The van der Waals surface area contributed by atoms with Crippen LogP contribution in [0, 0.1) is 5.82 Å². The predicted molar refractivity (Wildman–Crippen MR) is 156 cm³/mol. The molecule has 10 heteroatoms. The summed E-state index contributed by atoms with van der Waals surface area (Å²) in [6.07, 6.45) is 1.61. The highest BCUT2D eigenvalue weighted by Crippen LogP contribution is 2.34. The lowest BCUT2D eigenvalue weighted by Gasteiger charge is -2.36. The first-order valence-corrected chi connectivity index (χ1v) is 14.2. The maximum Gasteiger partial charge on any atom is 0.253 e. The fraction of sp³-hybridized carbons (Fsp3) is 0.194. The van der Waals surface area contributed by atoms with Crippen LogP contribution in [0.3, 0.4) is 0 Å². The van der Waals surface area contributed by atoms with E-state index in [2.05, 4.69) is 10.2 Å². The van der Waals surface area contributed by atoms with Crippen LogP contribution in [-0.2, 0) is 5.75 Å². The van der Waals surface area contributed by atoms with Crippen LogP contribution in [-0.4, -0.2) is 58.9 Å². The molecule has 208 valence electrons. The molecule has 6 rings (SSSR count). The number of aromatic nitrogens is 3. The van der Waals surface area contributed by atoms with Gasteiger partial charge in [0, 0.05) is 37.5 Å². The Morgan fingerprint density at radius 3 is 2.34 bits per heavy atom. The van der Waals surface area contributed by atoms with Crippen molar-refractivity contribution in [3.05, 3.63) is 108 Å². The van der Waals surface area contributed by atoms with Gasteiger partial charge in [-0.3, -0.25) is 9.36 Å². The average Bonchev–Trinajstić information content (AvgIpc) is 3.71. The van der Waals surface area contributed by atoms with E-state index < -0.39 is 0 Å². The lowest BCUT2D eigenvalue weighted by molar-refractivity contribution is 0.0746. The summed E-state index contributed by atoms with van der Waals surface area (Å²) in [5, 5.41) is 9.55. The number of thioether (sulfide) groups is 1. The number of rotatable bonds is 8. The number of furan rings is 1. The van der Waals surface area contributed by atoms with E-state index in [9.17, 15) is 9.18 Å². The molecule has 0 bridgehead atoms. The van der Waals surface area contributed by atoms with Gasteiger partial charge >= 0.3 is 0 Å². The van der Waals surface area contributed by atoms with Crippen LogP contribution in [0.1, 0.15) is 15.9 Å². The van der Waals surface area contributed by atoms with Gasteiger partial charge in [-0.1, -0.05) is 48.2 Å². The second kappa shape index (κ2) is 11.9. The van der Waals surface area contributed by atoms with Gasteiger partial charge in [0.05, 0.1) is 24.7 Å². The summed E-state index contributed by atoms with van der Waals surface area (Å²) in [5.74, 6) is 2.25. The third-order valence-corrected chi connectivity index (χ3v) is 8.03. The molecule has 3 heterocycles. The molecule has 3 aromatic carbocycles. The summed E-state index contributed by atoms with van der Waals surface area (Å²) in [6, 6.07) is 25.8. The van der Waals surface area contributed by atoms with E-state index in [-0.39, 0.29) is 11.7 Å². The summed E-state index contributed by atoms with van der Waals surface area (Å²) < 4.78 is 27.3. The van der Waals surface area contributed by atoms with Crippen molar-refractivity contribution in [2.24, 2.45) is 0 Å². The van der Waals surface area contributed by atoms with E-state index in [0.717, 1.165) is 11.3 Å². The number of amides is 1. The van der Waals surface area contributed by atoms with Crippen molar-refractivity contribution in [2.45, 2.75) is 10.9 Å². The Morgan fingerprint density at radius 2 is 1.63 bits per heavy atom. The van der Waals surface area contributed by atoms with Crippen molar-refractivity contribution in [1.82, 2.24) is 19.7 Å². The summed E-state index contributed by atoms with van der Waals surface area (Å²) in [5.41, 5.74) is 3.07. The molecule has 41 heavy (non-hydrogen) atoms. The number of para-hydroxylation sites is 3. The Kier molecular flexibility index (Phi) is 7.73. The van der Waals surface area contributed by atoms with Crippen LogP contribution in [0.2, 0.25) is 0 Å². The smallest absolute Gasteiger partial charge is 0.253 e. The summed E-state index contributed by atoms with van der Waals surface area (Å²) >= 11 is 1.53. The molecule has 1 aliphatic heterocycles. The lowest BCUT2D eigenvalue weighted by Crippen LogP contribution is -2.49. The second-order valence-corrected chi connectivity index (χ2v) is 10.4. The zero-order chi connectivity index (χ0) is 28.2. The third kappa shape index (κ3) is 5.55. The van der Waals surface area contributed by atoms with Crippen LogP contribution in [0.5, 0.6) is 5.75 Å². The molecule has 0 atom stereocenters. The van der Waals surface area contributed by atoms with E-state index in [1.165, 1.54) is 17.8 Å². The van der Waals surface area contributed by atoms with E-state index >= 15 is 0 Å². The van der Waals surface area contributed by atoms with Gasteiger partial charge in [-0.25, -0.2) is 4.39 Å². The zero-order valence-electron chi connectivity index (χ0n) is 22.4. The molecular formula is C31H28FN5O3S. The minimum absolute atomic E-state index is 0.0172. The number of hydrogen-bond donors (Lipinski definition) is 0. The SMILES string of the molecule is COc1ccccc1-n1c(SCc2ccc(C(=O)N3CCN(c4ccccc4F)CC3)cc2)nnc1-c1ccco1. The van der Waals surface area contributed by atoms with Gasteiger partial charge in [-0.2, -0.15) is 0 Å². The summed E-state index contributed by atoms with van der Waals surface area (Å²) in [4.78, 5) is 17.0. The van der Waals surface area contributed by atoms with E-state index in [1.54, 1.807) is 25.5 Å². The number of ether oxygens (including phenoxy) is 1. The highest BCUT2D eigenvalue weighted by molar-refractivity contribution is 7.98. The number of benzene rings is 3. The van der Waals surface area contributed by atoms with E-state index in [1.807, 2.05) is 81.1 Å². The topological polar surface area (TPSA) is 76.6 Å². The largest absolute Gasteiger partial charge is 0.495 e. The molecule has 1 saturated heterocycles. The Balaban J connectivity index is 1.13. The monoisotopic (exact) mass is 569 g/mol. The highest BCUT2D eigenvalue weighted by atomic mass is 32.2. The first kappa shape index (κ1) is 26.6. The fourth-order valence-electron chi connectivity index (χ4n) is 4.89. The molecule has 5 aromatic rings. The standard InChI is InChI=1S/C31H28FN5O3S/c1-39-27-10-5-4-9-26(27)37-29(28-11-6-20-40-28)33-34-31(37)41-21-22-12-14-23(15-13-22)30(38)36-18-16-35(17-19-36)25-8-3-2-7-24(25)32/h2-15,20H,16-19,21H2,1H3.